The SMILES string of the molecule is CC(Nc1cc(F)c(C(=O)O)cc1[N+](=O)[O-])C1CCCC1. The molecule has 0 saturated heterocycles. The van der Waals surface area contributed by atoms with Crippen LogP contribution >= 0.6 is 0 Å². The molecule has 0 bridgehead atoms. The number of carbonyl (C=O) groups is 1. The number of aromatic carboxylic acids is 1. The summed E-state index contributed by atoms with van der Waals surface area (Å²) in [5.41, 5.74) is -1.08. The lowest BCUT2D eigenvalue weighted by molar-refractivity contribution is -0.384. The molecule has 2 rings (SSSR count). The molecule has 0 spiro atoms. The minimum Gasteiger partial charge on any atom is -0.478 e. The maximum atomic E-state index is 13.7. The first-order valence-electron chi connectivity index (χ1n) is 6.88. The molecule has 21 heavy (non-hydrogen) atoms. The van der Waals surface area contributed by atoms with Crippen LogP contribution in [0.4, 0.5) is 15.8 Å². The monoisotopic (exact) mass is 296 g/mol. The van der Waals surface area contributed by atoms with Crippen molar-refractivity contribution in [2.45, 2.75) is 38.6 Å². The molecule has 0 aromatic heterocycles. The van der Waals surface area contributed by atoms with Crippen molar-refractivity contribution in [3.8, 4) is 0 Å². The van der Waals surface area contributed by atoms with Crippen LogP contribution in [0.5, 0.6) is 0 Å². The highest BCUT2D eigenvalue weighted by molar-refractivity contribution is 5.90. The fourth-order valence-electron chi connectivity index (χ4n) is 2.81. The van der Waals surface area contributed by atoms with Crippen LogP contribution in [0.1, 0.15) is 43.0 Å². The van der Waals surface area contributed by atoms with Crippen molar-refractivity contribution >= 4 is 17.3 Å². The highest BCUT2D eigenvalue weighted by atomic mass is 19.1. The maximum absolute atomic E-state index is 13.7. The highest BCUT2D eigenvalue weighted by Crippen LogP contribution is 2.33. The zero-order valence-corrected chi connectivity index (χ0v) is 11.6. The lowest BCUT2D eigenvalue weighted by atomic mass is 9.99. The lowest BCUT2D eigenvalue weighted by Gasteiger charge is -2.21. The fraction of sp³-hybridized carbons (Fsp3) is 0.500. The van der Waals surface area contributed by atoms with E-state index in [1.807, 2.05) is 6.92 Å². The Hall–Kier alpha value is -2.18. The first-order chi connectivity index (χ1) is 9.90. The van der Waals surface area contributed by atoms with Gasteiger partial charge in [0.05, 0.1) is 4.92 Å². The molecule has 1 saturated carbocycles. The predicted octanol–water partition coefficient (Wildman–Crippen LogP) is 3.42. The molecule has 1 aliphatic rings. The molecule has 1 aromatic rings. The summed E-state index contributed by atoms with van der Waals surface area (Å²) in [6, 6.07) is 1.63. The number of carboxylic acid groups (broad SMARTS) is 1. The smallest absolute Gasteiger partial charge is 0.338 e. The van der Waals surface area contributed by atoms with Crippen molar-refractivity contribution in [3.63, 3.8) is 0 Å². The topological polar surface area (TPSA) is 92.5 Å². The van der Waals surface area contributed by atoms with Crippen molar-refractivity contribution in [2.75, 3.05) is 5.32 Å². The second kappa shape index (κ2) is 6.07. The number of nitrogens with zero attached hydrogens (tertiary/aromatic N) is 1. The average Bonchev–Trinajstić information content (AvgIpc) is 2.91. The molecule has 7 heteroatoms. The van der Waals surface area contributed by atoms with Gasteiger partial charge in [-0.2, -0.15) is 0 Å². The van der Waals surface area contributed by atoms with Gasteiger partial charge in [-0.1, -0.05) is 12.8 Å². The molecule has 0 radical (unpaired) electrons. The van der Waals surface area contributed by atoms with E-state index >= 15 is 0 Å². The van der Waals surface area contributed by atoms with E-state index in [1.165, 1.54) is 0 Å². The molecular weight excluding hydrogens is 279 g/mol. The van der Waals surface area contributed by atoms with E-state index in [2.05, 4.69) is 5.32 Å². The van der Waals surface area contributed by atoms with Crippen molar-refractivity contribution in [1.29, 1.82) is 0 Å². The van der Waals surface area contributed by atoms with Crippen LogP contribution in [-0.4, -0.2) is 22.0 Å². The number of nitro groups is 1. The van der Waals surface area contributed by atoms with Gasteiger partial charge < -0.3 is 10.4 Å². The third-order valence-electron chi connectivity index (χ3n) is 4.00. The van der Waals surface area contributed by atoms with Crippen LogP contribution in [0.2, 0.25) is 0 Å². The van der Waals surface area contributed by atoms with Gasteiger partial charge >= 0.3 is 5.97 Å². The minimum atomic E-state index is -1.52. The summed E-state index contributed by atoms with van der Waals surface area (Å²) in [6.07, 6.45) is 4.34. The van der Waals surface area contributed by atoms with E-state index < -0.39 is 28.0 Å². The molecule has 114 valence electrons. The number of hydrogen-bond acceptors (Lipinski definition) is 4. The van der Waals surface area contributed by atoms with Gasteiger partial charge in [0, 0.05) is 18.2 Å². The van der Waals surface area contributed by atoms with E-state index in [9.17, 15) is 19.3 Å². The largest absolute Gasteiger partial charge is 0.478 e. The van der Waals surface area contributed by atoms with E-state index in [1.54, 1.807) is 0 Å². The van der Waals surface area contributed by atoms with Crippen LogP contribution in [0.15, 0.2) is 12.1 Å². The molecule has 1 aromatic carbocycles. The van der Waals surface area contributed by atoms with Crippen LogP contribution in [0.25, 0.3) is 0 Å². The van der Waals surface area contributed by atoms with Gasteiger partial charge in [0.15, 0.2) is 0 Å². The van der Waals surface area contributed by atoms with Gasteiger partial charge in [0.25, 0.3) is 5.69 Å². The van der Waals surface area contributed by atoms with Crippen molar-refractivity contribution in [3.05, 3.63) is 33.6 Å². The molecule has 2 N–H and O–H groups in total. The third kappa shape index (κ3) is 3.29. The Morgan fingerprint density at radius 3 is 2.62 bits per heavy atom. The minimum absolute atomic E-state index is 0.0266. The second-order valence-corrected chi connectivity index (χ2v) is 5.39. The van der Waals surface area contributed by atoms with Crippen LogP contribution in [-0.2, 0) is 0 Å². The molecule has 6 nitrogen and oxygen atoms in total. The molecule has 1 unspecified atom stereocenters. The highest BCUT2D eigenvalue weighted by Gasteiger charge is 2.26. The molecule has 1 atom stereocenters. The Bertz CT molecular complexity index is 570. The van der Waals surface area contributed by atoms with Crippen LogP contribution < -0.4 is 5.32 Å². The van der Waals surface area contributed by atoms with E-state index in [0.717, 1.165) is 37.8 Å². The van der Waals surface area contributed by atoms with Crippen molar-refractivity contribution in [2.24, 2.45) is 5.92 Å². The van der Waals surface area contributed by atoms with Gasteiger partial charge in [0.1, 0.15) is 17.1 Å². The molecule has 1 aliphatic carbocycles. The third-order valence-corrected chi connectivity index (χ3v) is 4.00. The summed E-state index contributed by atoms with van der Waals surface area (Å²) in [6.45, 7) is 1.91. The lowest BCUT2D eigenvalue weighted by Crippen LogP contribution is -2.24. The molecule has 0 heterocycles. The first-order valence-corrected chi connectivity index (χ1v) is 6.88. The Morgan fingerprint density at radius 1 is 1.48 bits per heavy atom. The average molecular weight is 296 g/mol. The first kappa shape index (κ1) is 15.2. The number of nitro benzene ring substituents is 1. The Labute approximate surface area is 121 Å². The van der Waals surface area contributed by atoms with E-state index in [4.69, 9.17) is 5.11 Å². The fourth-order valence-corrected chi connectivity index (χ4v) is 2.81. The normalized spacial score (nSPS) is 16.7. The zero-order valence-electron chi connectivity index (χ0n) is 11.6. The summed E-state index contributed by atoms with van der Waals surface area (Å²) >= 11 is 0. The summed E-state index contributed by atoms with van der Waals surface area (Å²) in [4.78, 5) is 21.2. The Balaban J connectivity index is 2.31. The van der Waals surface area contributed by atoms with Gasteiger partial charge in [-0.05, 0) is 25.7 Å². The quantitative estimate of drug-likeness (QED) is 0.641. The van der Waals surface area contributed by atoms with E-state index in [-0.39, 0.29) is 11.7 Å². The number of halogens is 1. The Morgan fingerprint density at radius 2 is 2.10 bits per heavy atom. The number of hydrogen-bond donors (Lipinski definition) is 2. The van der Waals surface area contributed by atoms with Crippen LogP contribution in [0, 0.1) is 21.8 Å². The second-order valence-electron chi connectivity index (χ2n) is 5.39. The van der Waals surface area contributed by atoms with Crippen LogP contribution in [0.3, 0.4) is 0 Å². The van der Waals surface area contributed by atoms with Crippen molar-refractivity contribution < 1.29 is 19.2 Å². The maximum Gasteiger partial charge on any atom is 0.338 e. The Kier molecular flexibility index (Phi) is 4.40. The summed E-state index contributed by atoms with van der Waals surface area (Å²) in [5.74, 6) is -2.10. The van der Waals surface area contributed by atoms with Gasteiger partial charge in [-0.15, -0.1) is 0 Å². The molecule has 1 fully saturated rings. The number of rotatable bonds is 5. The van der Waals surface area contributed by atoms with Gasteiger partial charge in [-0.25, -0.2) is 9.18 Å². The number of benzene rings is 1. The van der Waals surface area contributed by atoms with Gasteiger partial charge in [0.2, 0.25) is 0 Å². The summed E-state index contributed by atoms with van der Waals surface area (Å²) < 4.78 is 13.7. The van der Waals surface area contributed by atoms with Gasteiger partial charge in [-0.3, -0.25) is 10.1 Å². The molecule has 0 aliphatic heterocycles. The number of anilines is 1. The number of carboxylic acids is 1. The number of nitrogens with one attached hydrogen (secondary N) is 1. The summed E-state index contributed by atoms with van der Waals surface area (Å²) in [7, 11) is 0. The molecular formula is C14H17FN2O4. The van der Waals surface area contributed by atoms with E-state index in [0.29, 0.717) is 5.92 Å². The zero-order chi connectivity index (χ0) is 15.6. The van der Waals surface area contributed by atoms with Crippen molar-refractivity contribution in [1.82, 2.24) is 0 Å². The predicted molar refractivity (Wildman–Crippen MR) is 75.1 cm³/mol. The summed E-state index contributed by atoms with van der Waals surface area (Å²) in [5, 5.41) is 22.9. The standard InChI is InChI=1S/C14H17FN2O4/c1-8(9-4-2-3-5-9)16-12-7-11(15)10(14(18)19)6-13(12)17(20)21/h6-9,16H,2-5H2,1H3,(H,18,19). The molecule has 0 amide bonds.